The average molecular weight is 241 g/mol. The van der Waals surface area contributed by atoms with E-state index in [1.165, 1.54) is 0 Å². The van der Waals surface area contributed by atoms with Crippen LogP contribution in [0.4, 0.5) is 0 Å². The molecule has 0 aliphatic carbocycles. The Kier molecular flexibility index (Phi) is 6.09. The van der Waals surface area contributed by atoms with Crippen LogP contribution in [0.15, 0.2) is 4.99 Å². The molecule has 0 amide bonds. The van der Waals surface area contributed by atoms with E-state index >= 15 is 0 Å². The molecule has 2 unspecified atom stereocenters. The highest BCUT2D eigenvalue weighted by Gasteiger charge is 2.35. The SMILES string of the molecule is CCCC1(N)C=NCCC1OCCCN(C)C. The second kappa shape index (κ2) is 7.09. The summed E-state index contributed by atoms with van der Waals surface area (Å²) in [7, 11) is 4.16. The molecule has 0 saturated heterocycles. The molecule has 100 valence electrons. The lowest BCUT2D eigenvalue weighted by Crippen LogP contribution is -2.55. The molecule has 1 aliphatic rings. The molecule has 1 aliphatic heterocycles. The Labute approximate surface area is 105 Å². The molecule has 0 saturated carbocycles. The van der Waals surface area contributed by atoms with E-state index in [0.29, 0.717) is 0 Å². The lowest BCUT2D eigenvalue weighted by Gasteiger charge is -2.36. The molecule has 1 rings (SSSR count). The monoisotopic (exact) mass is 241 g/mol. The summed E-state index contributed by atoms with van der Waals surface area (Å²) >= 11 is 0. The lowest BCUT2D eigenvalue weighted by molar-refractivity contribution is 0.00828. The minimum Gasteiger partial charge on any atom is -0.376 e. The summed E-state index contributed by atoms with van der Waals surface area (Å²) in [6.45, 7) is 4.85. The van der Waals surface area contributed by atoms with Crippen LogP contribution in [0.1, 0.15) is 32.6 Å². The van der Waals surface area contributed by atoms with Gasteiger partial charge in [-0.1, -0.05) is 13.3 Å². The third-order valence-electron chi connectivity index (χ3n) is 3.20. The highest BCUT2D eigenvalue weighted by atomic mass is 16.5. The number of nitrogens with zero attached hydrogens (tertiary/aromatic N) is 2. The molecule has 0 spiro atoms. The highest BCUT2D eigenvalue weighted by molar-refractivity contribution is 5.71. The Morgan fingerprint density at radius 1 is 1.53 bits per heavy atom. The molecular weight excluding hydrogens is 214 g/mol. The smallest absolute Gasteiger partial charge is 0.0822 e. The van der Waals surface area contributed by atoms with Crippen molar-refractivity contribution in [2.75, 3.05) is 33.8 Å². The van der Waals surface area contributed by atoms with Crippen LogP contribution in [0.2, 0.25) is 0 Å². The average Bonchev–Trinajstić information content (AvgIpc) is 2.26. The molecular formula is C13H27N3O. The van der Waals surface area contributed by atoms with Gasteiger partial charge >= 0.3 is 0 Å². The van der Waals surface area contributed by atoms with Crippen molar-refractivity contribution in [3.63, 3.8) is 0 Å². The van der Waals surface area contributed by atoms with E-state index in [2.05, 4.69) is 30.9 Å². The van der Waals surface area contributed by atoms with Crippen LogP contribution in [-0.4, -0.2) is 56.5 Å². The zero-order chi connectivity index (χ0) is 12.7. The molecule has 0 aromatic heterocycles. The lowest BCUT2D eigenvalue weighted by atomic mass is 9.86. The number of aliphatic imine (C=N–C) groups is 1. The molecule has 2 atom stereocenters. The summed E-state index contributed by atoms with van der Waals surface area (Å²) in [4.78, 5) is 6.49. The van der Waals surface area contributed by atoms with E-state index in [1.54, 1.807) is 0 Å². The van der Waals surface area contributed by atoms with Gasteiger partial charge in [0.05, 0.1) is 11.6 Å². The quantitative estimate of drug-likeness (QED) is 0.683. The Hall–Kier alpha value is -0.450. The normalized spacial score (nSPS) is 28.9. The molecule has 4 heteroatoms. The largest absolute Gasteiger partial charge is 0.376 e. The first-order valence-corrected chi connectivity index (χ1v) is 6.64. The van der Waals surface area contributed by atoms with Gasteiger partial charge in [0.15, 0.2) is 0 Å². The van der Waals surface area contributed by atoms with E-state index in [4.69, 9.17) is 10.5 Å². The zero-order valence-electron chi connectivity index (χ0n) is 11.5. The third kappa shape index (κ3) is 4.74. The topological polar surface area (TPSA) is 50.9 Å². The predicted molar refractivity (Wildman–Crippen MR) is 72.7 cm³/mol. The zero-order valence-corrected chi connectivity index (χ0v) is 11.5. The molecule has 0 bridgehead atoms. The molecule has 17 heavy (non-hydrogen) atoms. The maximum absolute atomic E-state index is 6.37. The van der Waals surface area contributed by atoms with Crippen molar-refractivity contribution in [1.82, 2.24) is 4.90 Å². The van der Waals surface area contributed by atoms with E-state index in [-0.39, 0.29) is 11.6 Å². The van der Waals surface area contributed by atoms with Crippen molar-refractivity contribution in [2.45, 2.75) is 44.2 Å². The van der Waals surface area contributed by atoms with Gasteiger partial charge < -0.3 is 15.4 Å². The second-order valence-electron chi connectivity index (χ2n) is 5.20. The van der Waals surface area contributed by atoms with Gasteiger partial charge in [-0.3, -0.25) is 4.99 Å². The molecule has 2 N–H and O–H groups in total. The number of ether oxygens (including phenoxy) is 1. The number of hydrogen-bond acceptors (Lipinski definition) is 4. The van der Waals surface area contributed by atoms with Crippen molar-refractivity contribution < 1.29 is 4.74 Å². The number of rotatable bonds is 7. The van der Waals surface area contributed by atoms with Crippen molar-refractivity contribution in [1.29, 1.82) is 0 Å². The van der Waals surface area contributed by atoms with Gasteiger partial charge in [-0.2, -0.15) is 0 Å². The van der Waals surface area contributed by atoms with Crippen molar-refractivity contribution >= 4 is 6.21 Å². The predicted octanol–water partition coefficient (Wildman–Crippen LogP) is 1.30. The first-order valence-electron chi connectivity index (χ1n) is 6.64. The van der Waals surface area contributed by atoms with Gasteiger partial charge in [-0.25, -0.2) is 0 Å². The third-order valence-corrected chi connectivity index (χ3v) is 3.20. The minimum absolute atomic E-state index is 0.141. The molecule has 1 heterocycles. The van der Waals surface area contributed by atoms with Gasteiger partial charge in [0.1, 0.15) is 0 Å². The molecule has 0 aromatic rings. The van der Waals surface area contributed by atoms with E-state index in [1.807, 2.05) is 6.21 Å². The molecule has 0 radical (unpaired) electrons. The second-order valence-corrected chi connectivity index (χ2v) is 5.20. The van der Waals surface area contributed by atoms with E-state index in [9.17, 15) is 0 Å². The Morgan fingerprint density at radius 2 is 2.29 bits per heavy atom. The summed E-state index contributed by atoms with van der Waals surface area (Å²) < 4.78 is 5.96. The number of nitrogens with two attached hydrogens (primary N) is 1. The Balaban J connectivity index is 2.37. The molecule has 4 nitrogen and oxygen atoms in total. The standard InChI is InChI=1S/C13H27N3O/c1-4-7-13(14)11-15-8-6-12(13)17-10-5-9-16(2)3/h11-12H,4-10,14H2,1-3H3. The summed E-state index contributed by atoms with van der Waals surface area (Å²) in [5.41, 5.74) is 6.03. The van der Waals surface area contributed by atoms with Crippen LogP contribution in [0.5, 0.6) is 0 Å². The van der Waals surface area contributed by atoms with Gasteiger partial charge in [0.2, 0.25) is 0 Å². The van der Waals surface area contributed by atoms with Crippen LogP contribution < -0.4 is 5.73 Å². The summed E-state index contributed by atoms with van der Waals surface area (Å²) in [5, 5.41) is 0. The minimum atomic E-state index is -0.342. The molecule has 0 fully saturated rings. The molecule has 0 aromatic carbocycles. The van der Waals surface area contributed by atoms with Crippen LogP contribution >= 0.6 is 0 Å². The van der Waals surface area contributed by atoms with Crippen LogP contribution in [0, 0.1) is 0 Å². The van der Waals surface area contributed by atoms with Crippen molar-refractivity contribution in [3.05, 3.63) is 0 Å². The van der Waals surface area contributed by atoms with Gasteiger partial charge in [0, 0.05) is 19.4 Å². The van der Waals surface area contributed by atoms with Gasteiger partial charge in [0.25, 0.3) is 0 Å². The van der Waals surface area contributed by atoms with Gasteiger partial charge in [-0.05, 0) is 39.9 Å². The maximum Gasteiger partial charge on any atom is 0.0822 e. The fraction of sp³-hybridized carbons (Fsp3) is 0.923. The Bertz CT molecular complexity index is 243. The maximum atomic E-state index is 6.37. The summed E-state index contributed by atoms with van der Waals surface area (Å²) in [5.74, 6) is 0. The summed E-state index contributed by atoms with van der Waals surface area (Å²) in [6.07, 6.45) is 6.09. The van der Waals surface area contributed by atoms with Crippen molar-refractivity contribution in [2.24, 2.45) is 10.7 Å². The first-order chi connectivity index (χ1) is 8.08. The number of hydrogen-bond donors (Lipinski definition) is 1. The Morgan fingerprint density at radius 3 is 2.94 bits per heavy atom. The fourth-order valence-electron chi connectivity index (χ4n) is 2.28. The van der Waals surface area contributed by atoms with E-state index < -0.39 is 0 Å². The van der Waals surface area contributed by atoms with Crippen LogP contribution in [0.25, 0.3) is 0 Å². The van der Waals surface area contributed by atoms with Gasteiger partial charge in [-0.15, -0.1) is 0 Å². The van der Waals surface area contributed by atoms with Crippen molar-refractivity contribution in [3.8, 4) is 0 Å². The fourth-order valence-corrected chi connectivity index (χ4v) is 2.28. The van der Waals surface area contributed by atoms with Crippen LogP contribution in [-0.2, 0) is 4.74 Å². The summed E-state index contributed by atoms with van der Waals surface area (Å²) in [6, 6.07) is 0. The highest BCUT2D eigenvalue weighted by Crippen LogP contribution is 2.22. The van der Waals surface area contributed by atoms with E-state index in [0.717, 1.165) is 45.4 Å². The van der Waals surface area contributed by atoms with Crippen LogP contribution in [0.3, 0.4) is 0 Å². The first kappa shape index (κ1) is 14.6.